The van der Waals surface area contributed by atoms with Gasteiger partial charge in [0.15, 0.2) is 0 Å². The summed E-state index contributed by atoms with van der Waals surface area (Å²) < 4.78 is 0. The Morgan fingerprint density at radius 2 is 2.09 bits per heavy atom. The molecule has 5 nitrogen and oxygen atoms in total. The van der Waals surface area contributed by atoms with Gasteiger partial charge < -0.3 is 16.0 Å². The SMILES string of the molecule is CCN(Cc1cccs1)C(=O)NCc1cccc(C(N)=O)c1. The van der Waals surface area contributed by atoms with Crippen LogP contribution in [0.25, 0.3) is 0 Å². The Kier molecular flexibility index (Phi) is 5.55. The number of rotatable bonds is 6. The van der Waals surface area contributed by atoms with Crippen molar-refractivity contribution in [2.24, 2.45) is 5.73 Å². The normalized spacial score (nSPS) is 10.2. The smallest absolute Gasteiger partial charge is 0.317 e. The summed E-state index contributed by atoms with van der Waals surface area (Å²) in [6.45, 7) is 3.54. The van der Waals surface area contributed by atoms with E-state index in [1.807, 2.05) is 30.5 Å². The Morgan fingerprint density at radius 3 is 2.73 bits per heavy atom. The third-order valence-corrected chi connectivity index (χ3v) is 4.11. The lowest BCUT2D eigenvalue weighted by Gasteiger charge is -2.20. The Labute approximate surface area is 133 Å². The van der Waals surface area contributed by atoms with Gasteiger partial charge in [0, 0.05) is 23.5 Å². The lowest BCUT2D eigenvalue weighted by molar-refractivity contribution is 0.1000. The highest BCUT2D eigenvalue weighted by Crippen LogP contribution is 2.12. The zero-order valence-electron chi connectivity index (χ0n) is 12.4. The van der Waals surface area contributed by atoms with Crippen LogP contribution in [0.2, 0.25) is 0 Å². The Morgan fingerprint density at radius 1 is 1.27 bits per heavy atom. The number of thiophene rings is 1. The van der Waals surface area contributed by atoms with Crippen molar-refractivity contribution >= 4 is 23.3 Å². The summed E-state index contributed by atoms with van der Waals surface area (Å²) in [6.07, 6.45) is 0. The zero-order chi connectivity index (χ0) is 15.9. The molecule has 1 aromatic carbocycles. The summed E-state index contributed by atoms with van der Waals surface area (Å²) in [5.41, 5.74) is 6.54. The quantitative estimate of drug-likeness (QED) is 0.859. The minimum Gasteiger partial charge on any atom is -0.366 e. The van der Waals surface area contributed by atoms with Gasteiger partial charge in [-0.05, 0) is 36.1 Å². The van der Waals surface area contributed by atoms with E-state index in [2.05, 4.69) is 5.32 Å². The Balaban J connectivity index is 1.93. The number of carbonyl (C=O) groups excluding carboxylic acids is 2. The molecule has 2 rings (SSSR count). The van der Waals surface area contributed by atoms with E-state index in [0.717, 1.165) is 10.4 Å². The first-order valence-corrected chi connectivity index (χ1v) is 7.92. The van der Waals surface area contributed by atoms with Gasteiger partial charge in [-0.25, -0.2) is 4.79 Å². The first-order valence-electron chi connectivity index (χ1n) is 7.04. The number of primary amides is 1. The summed E-state index contributed by atoms with van der Waals surface area (Å²) in [6, 6.07) is 10.8. The standard InChI is InChI=1S/C16H19N3O2S/c1-2-19(11-14-7-4-8-22-14)16(21)18-10-12-5-3-6-13(9-12)15(17)20/h3-9H,2,10-11H2,1H3,(H2,17,20)(H,18,21). The fourth-order valence-corrected chi connectivity index (χ4v) is 2.76. The van der Waals surface area contributed by atoms with Crippen LogP contribution in [0.4, 0.5) is 4.79 Å². The molecule has 0 spiro atoms. The van der Waals surface area contributed by atoms with E-state index >= 15 is 0 Å². The molecule has 22 heavy (non-hydrogen) atoms. The molecule has 0 aliphatic carbocycles. The Hall–Kier alpha value is -2.34. The van der Waals surface area contributed by atoms with Crippen LogP contribution in [0.15, 0.2) is 41.8 Å². The van der Waals surface area contributed by atoms with E-state index in [-0.39, 0.29) is 6.03 Å². The fraction of sp³-hybridized carbons (Fsp3) is 0.250. The van der Waals surface area contributed by atoms with Gasteiger partial charge in [0.05, 0.1) is 6.54 Å². The predicted octanol–water partition coefficient (Wildman–Crippen LogP) is 2.58. The van der Waals surface area contributed by atoms with Crippen LogP contribution < -0.4 is 11.1 Å². The number of carbonyl (C=O) groups is 2. The molecule has 0 aliphatic heterocycles. The van der Waals surface area contributed by atoms with Crippen LogP contribution in [0.3, 0.4) is 0 Å². The fourth-order valence-electron chi connectivity index (χ4n) is 2.04. The van der Waals surface area contributed by atoms with Crippen LogP contribution in [0.5, 0.6) is 0 Å². The maximum absolute atomic E-state index is 12.2. The minimum atomic E-state index is -0.471. The molecule has 0 aliphatic rings. The summed E-state index contributed by atoms with van der Waals surface area (Å²) >= 11 is 1.63. The van der Waals surface area contributed by atoms with Crippen molar-refractivity contribution in [3.05, 3.63) is 57.8 Å². The van der Waals surface area contributed by atoms with Crippen LogP contribution in [-0.4, -0.2) is 23.4 Å². The van der Waals surface area contributed by atoms with Gasteiger partial charge in [-0.3, -0.25) is 4.79 Å². The summed E-state index contributed by atoms with van der Waals surface area (Å²) in [7, 11) is 0. The third kappa shape index (κ3) is 4.33. The molecule has 0 fully saturated rings. The molecule has 3 N–H and O–H groups in total. The van der Waals surface area contributed by atoms with Crippen molar-refractivity contribution in [3.8, 4) is 0 Å². The molecule has 1 aromatic heterocycles. The van der Waals surface area contributed by atoms with Gasteiger partial charge in [-0.15, -0.1) is 11.3 Å². The molecule has 1 heterocycles. The largest absolute Gasteiger partial charge is 0.366 e. The first kappa shape index (κ1) is 16.0. The number of nitrogens with one attached hydrogen (secondary N) is 1. The molecule has 0 atom stereocenters. The number of hydrogen-bond donors (Lipinski definition) is 2. The van der Waals surface area contributed by atoms with Crippen LogP contribution >= 0.6 is 11.3 Å². The zero-order valence-corrected chi connectivity index (χ0v) is 13.2. The van der Waals surface area contributed by atoms with Crippen LogP contribution in [0.1, 0.15) is 27.7 Å². The van der Waals surface area contributed by atoms with Gasteiger partial charge in [-0.1, -0.05) is 18.2 Å². The monoisotopic (exact) mass is 317 g/mol. The molecule has 6 heteroatoms. The van der Waals surface area contributed by atoms with Crippen LogP contribution in [-0.2, 0) is 13.1 Å². The maximum atomic E-state index is 12.2. The second-order valence-corrected chi connectivity index (χ2v) is 5.85. The highest BCUT2D eigenvalue weighted by atomic mass is 32.1. The minimum absolute atomic E-state index is 0.125. The molecular formula is C16H19N3O2S. The lowest BCUT2D eigenvalue weighted by atomic mass is 10.1. The Bertz CT molecular complexity index is 641. The number of benzene rings is 1. The lowest BCUT2D eigenvalue weighted by Crippen LogP contribution is -2.38. The second-order valence-electron chi connectivity index (χ2n) is 4.82. The first-order chi connectivity index (χ1) is 10.6. The molecule has 3 amide bonds. The van der Waals surface area contributed by atoms with Crippen molar-refractivity contribution in [1.29, 1.82) is 0 Å². The molecular weight excluding hydrogens is 298 g/mol. The van der Waals surface area contributed by atoms with Crippen molar-refractivity contribution in [3.63, 3.8) is 0 Å². The number of hydrogen-bond acceptors (Lipinski definition) is 3. The average molecular weight is 317 g/mol. The van der Waals surface area contributed by atoms with Crippen molar-refractivity contribution in [2.45, 2.75) is 20.0 Å². The number of urea groups is 1. The van der Waals surface area contributed by atoms with Gasteiger partial charge in [0.1, 0.15) is 0 Å². The number of amides is 3. The molecule has 2 aromatic rings. The van der Waals surface area contributed by atoms with Crippen LogP contribution in [0, 0.1) is 0 Å². The van der Waals surface area contributed by atoms with E-state index in [0.29, 0.717) is 25.2 Å². The summed E-state index contributed by atoms with van der Waals surface area (Å²) in [4.78, 5) is 26.3. The van der Waals surface area contributed by atoms with E-state index in [4.69, 9.17) is 5.73 Å². The number of nitrogens with two attached hydrogens (primary N) is 1. The average Bonchev–Trinajstić information content (AvgIpc) is 3.03. The predicted molar refractivity (Wildman–Crippen MR) is 87.6 cm³/mol. The number of nitrogens with zero attached hydrogens (tertiary/aromatic N) is 1. The third-order valence-electron chi connectivity index (χ3n) is 3.25. The van der Waals surface area contributed by atoms with Crippen molar-refractivity contribution in [1.82, 2.24) is 10.2 Å². The molecule has 0 saturated carbocycles. The van der Waals surface area contributed by atoms with Crippen molar-refractivity contribution in [2.75, 3.05) is 6.54 Å². The van der Waals surface area contributed by atoms with E-state index in [9.17, 15) is 9.59 Å². The van der Waals surface area contributed by atoms with Gasteiger partial charge in [-0.2, -0.15) is 0 Å². The van der Waals surface area contributed by atoms with E-state index in [1.165, 1.54) is 0 Å². The second kappa shape index (κ2) is 7.61. The van der Waals surface area contributed by atoms with Crippen molar-refractivity contribution < 1.29 is 9.59 Å². The molecule has 0 unspecified atom stereocenters. The topological polar surface area (TPSA) is 75.4 Å². The molecule has 0 saturated heterocycles. The van der Waals surface area contributed by atoms with E-state index in [1.54, 1.807) is 34.4 Å². The molecule has 0 bridgehead atoms. The molecule has 0 radical (unpaired) electrons. The van der Waals surface area contributed by atoms with Gasteiger partial charge in [0.25, 0.3) is 0 Å². The highest BCUT2D eigenvalue weighted by Gasteiger charge is 2.12. The highest BCUT2D eigenvalue weighted by molar-refractivity contribution is 7.09. The van der Waals surface area contributed by atoms with E-state index < -0.39 is 5.91 Å². The van der Waals surface area contributed by atoms with Gasteiger partial charge >= 0.3 is 6.03 Å². The maximum Gasteiger partial charge on any atom is 0.317 e. The molecule has 116 valence electrons. The summed E-state index contributed by atoms with van der Waals surface area (Å²) in [5, 5.41) is 4.86. The summed E-state index contributed by atoms with van der Waals surface area (Å²) in [5.74, 6) is -0.471. The van der Waals surface area contributed by atoms with Gasteiger partial charge in [0.2, 0.25) is 5.91 Å².